The van der Waals surface area contributed by atoms with Crippen LogP contribution in [0.5, 0.6) is 5.75 Å². The maximum absolute atomic E-state index is 11.5. The summed E-state index contributed by atoms with van der Waals surface area (Å²) in [6, 6.07) is 12.5. The average Bonchev–Trinajstić information content (AvgIpc) is 2.68. The zero-order valence-electron chi connectivity index (χ0n) is 16.6. The van der Waals surface area contributed by atoms with Gasteiger partial charge in [0, 0.05) is 16.9 Å². The summed E-state index contributed by atoms with van der Waals surface area (Å²) in [5, 5.41) is 0. The number of benzene rings is 2. The zero-order valence-corrected chi connectivity index (χ0v) is 17.4. The Morgan fingerprint density at radius 2 is 2.00 bits per heavy atom. The fourth-order valence-corrected chi connectivity index (χ4v) is 3.50. The first kappa shape index (κ1) is 21.3. The van der Waals surface area contributed by atoms with Crippen LogP contribution in [0.1, 0.15) is 37.3 Å². The first-order chi connectivity index (χ1) is 13.1. The maximum atomic E-state index is 11.5. The number of unbranched alkanes of at least 4 members (excludes halogenated alkanes) is 1. The van der Waals surface area contributed by atoms with Crippen molar-refractivity contribution in [2.24, 2.45) is 0 Å². The van der Waals surface area contributed by atoms with E-state index < -0.39 is 0 Å². The highest BCUT2D eigenvalue weighted by molar-refractivity contribution is 7.97. The molecule has 27 heavy (non-hydrogen) atoms. The number of esters is 1. The van der Waals surface area contributed by atoms with Crippen LogP contribution in [0.15, 0.2) is 41.3 Å². The number of rotatable bonds is 10. The van der Waals surface area contributed by atoms with Gasteiger partial charge in [-0.3, -0.25) is 9.52 Å². The molecule has 2 aromatic rings. The lowest BCUT2D eigenvalue weighted by Crippen LogP contribution is -2.03. The molecule has 2 rings (SSSR count). The molecular formula is C22H29NO3S. The number of methoxy groups -OCH3 is 1. The van der Waals surface area contributed by atoms with E-state index in [9.17, 15) is 4.79 Å². The van der Waals surface area contributed by atoms with E-state index in [0.29, 0.717) is 19.4 Å². The van der Waals surface area contributed by atoms with Gasteiger partial charge in [-0.15, -0.1) is 0 Å². The third-order valence-corrected chi connectivity index (χ3v) is 5.30. The summed E-state index contributed by atoms with van der Waals surface area (Å²) in [5.74, 6) is 0.681. The van der Waals surface area contributed by atoms with E-state index in [1.165, 1.54) is 23.1 Å². The van der Waals surface area contributed by atoms with Gasteiger partial charge < -0.3 is 9.47 Å². The summed E-state index contributed by atoms with van der Waals surface area (Å²) in [7, 11) is 3.34. The van der Waals surface area contributed by atoms with Crippen molar-refractivity contribution in [2.45, 2.75) is 44.4 Å². The molecule has 0 fully saturated rings. The zero-order chi connectivity index (χ0) is 19.6. The maximum Gasteiger partial charge on any atom is 0.305 e. The van der Waals surface area contributed by atoms with E-state index in [4.69, 9.17) is 9.47 Å². The molecule has 0 saturated carbocycles. The Kier molecular flexibility index (Phi) is 8.69. The SMILES string of the molecule is CCCCOc1cc(CCC(=O)OC)ccc1-c1cccc(SNC)c1C. The molecule has 0 spiro atoms. The fourth-order valence-electron chi connectivity index (χ4n) is 2.87. The number of aryl methyl sites for hydroxylation is 1. The van der Waals surface area contributed by atoms with Crippen LogP contribution >= 0.6 is 11.9 Å². The van der Waals surface area contributed by atoms with Gasteiger partial charge in [0.15, 0.2) is 0 Å². The van der Waals surface area contributed by atoms with Gasteiger partial charge in [0.05, 0.1) is 13.7 Å². The van der Waals surface area contributed by atoms with Crippen LogP contribution in [0.3, 0.4) is 0 Å². The summed E-state index contributed by atoms with van der Waals surface area (Å²) in [4.78, 5) is 12.6. The van der Waals surface area contributed by atoms with Crippen LogP contribution in [0.25, 0.3) is 11.1 Å². The topological polar surface area (TPSA) is 47.6 Å². The minimum atomic E-state index is -0.194. The number of hydrogen-bond acceptors (Lipinski definition) is 5. The molecule has 4 nitrogen and oxygen atoms in total. The molecule has 0 amide bonds. The van der Waals surface area contributed by atoms with E-state index in [0.717, 1.165) is 29.7 Å². The Morgan fingerprint density at radius 3 is 2.70 bits per heavy atom. The molecule has 5 heteroatoms. The smallest absolute Gasteiger partial charge is 0.305 e. The first-order valence-corrected chi connectivity index (χ1v) is 10.2. The van der Waals surface area contributed by atoms with Crippen LogP contribution in [0, 0.1) is 6.92 Å². The Morgan fingerprint density at radius 1 is 1.19 bits per heavy atom. The summed E-state index contributed by atoms with van der Waals surface area (Å²) in [6.45, 7) is 4.98. The standard InChI is InChI=1S/C22H29NO3S/c1-5-6-14-26-20-15-17(11-13-22(24)25-4)10-12-19(20)18-8-7-9-21(16(18)2)27-23-3/h7-10,12,15,23H,5-6,11,13-14H2,1-4H3. The van der Waals surface area contributed by atoms with E-state index >= 15 is 0 Å². The number of carbonyl (C=O) groups excluding carboxylic acids is 1. The van der Waals surface area contributed by atoms with E-state index in [-0.39, 0.29) is 5.97 Å². The Labute approximate surface area is 166 Å². The molecule has 0 saturated heterocycles. The van der Waals surface area contributed by atoms with Crippen molar-refractivity contribution in [2.75, 3.05) is 20.8 Å². The minimum Gasteiger partial charge on any atom is -0.493 e. The lowest BCUT2D eigenvalue weighted by molar-refractivity contribution is -0.140. The van der Waals surface area contributed by atoms with Crippen LogP contribution in [-0.4, -0.2) is 26.7 Å². The largest absolute Gasteiger partial charge is 0.493 e. The first-order valence-electron chi connectivity index (χ1n) is 9.36. The summed E-state index contributed by atoms with van der Waals surface area (Å²) < 4.78 is 14.0. The van der Waals surface area contributed by atoms with Gasteiger partial charge in [-0.1, -0.05) is 37.6 Å². The minimum absolute atomic E-state index is 0.194. The van der Waals surface area contributed by atoms with Crippen LogP contribution in [0.2, 0.25) is 0 Å². The van der Waals surface area contributed by atoms with Crippen LogP contribution < -0.4 is 9.46 Å². The van der Waals surface area contributed by atoms with Crippen molar-refractivity contribution in [3.05, 3.63) is 47.5 Å². The number of ether oxygens (including phenoxy) is 2. The summed E-state index contributed by atoms with van der Waals surface area (Å²) in [5.41, 5.74) is 4.55. The molecule has 0 bridgehead atoms. The second-order valence-corrected chi connectivity index (χ2v) is 7.40. The number of hydrogen-bond donors (Lipinski definition) is 1. The second kappa shape index (κ2) is 11.0. The predicted octanol–water partition coefficient (Wildman–Crippen LogP) is 5.17. The highest BCUT2D eigenvalue weighted by atomic mass is 32.2. The second-order valence-electron chi connectivity index (χ2n) is 6.34. The molecule has 0 radical (unpaired) electrons. The monoisotopic (exact) mass is 387 g/mol. The Hall–Kier alpha value is -1.98. The molecule has 0 aliphatic carbocycles. The molecule has 0 aromatic heterocycles. The van der Waals surface area contributed by atoms with Crippen molar-refractivity contribution < 1.29 is 14.3 Å². The lowest BCUT2D eigenvalue weighted by Gasteiger charge is -2.16. The van der Waals surface area contributed by atoms with Gasteiger partial charge in [-0.25, -0.2) is 0 Å². The third kappa shape index (κ3) is 6.01. The third-order valence-electron chi connectivity index (χ3n) is 4.43. The summed E-state index contributed by atoms with van der Waals surface area (Å²) >= 11 is 1.61. The normalized spacial score (nSPS) is 10.7. The van der Waals surface area contributed by atoms with Crippen LogP contribution in [-0.2, 0) is 16.0 Å². The molecule has 2 aromatic carbocycles. The van der Waals surface area contributed by atoms with Crippen molar-refractivity contribution >= 4 is 17.9 Å². The molecule has 146 valence electrons. The highest BCUT2D eigenvalue weighted by Crippen LogP contribution is 2.36. The van der Waals surface area contributed by atoms with Gasteiger partial charge in [-0.2, -0.15) is 0 Å². The quantitative estimate of drug-likeness (QED) is 0.346. The molecule has 0 aliphatic heterocycles. The molecular weight excluding hydrogens is 358 g/mol. The van der Waals surface area contributed by atoms with E-state index in [1.54, 1.807) is 11.9 Å². The van der Waals surface area contributed by atoms with Gasteiger partial charge in [0.1, 0.15) is 5.75 Å². The Balaban J connectivity index is 2.36. The van der Waals surface area contributed by atoms with Crippen molar-refractivity contribution in [3.8, 4) is 16.9 Å². The average molecular weight is 388 g/mol. The van der Waals surface area contributed by atoms with Crippen molar-refractivity contribution in [1.29, 1.82) is 0 Å². The van der Waals surface area contributed by atoms with Crippen molar-refractivity contribution in [1.82, 2.24) is 4.72 Å². The highest BCUT2D eigenvalue weighted by Gasteiger charge is 2.13. The lowest BCUT2D eigenvalue weighted by atomic mass is 9.97. The predicted molar refractivity (Wildman–Crippen MR) is 112 cm³/mol. The molecule has 0 aliphatic rings. The van der Waals surface area contributed by atoms with E-state index in [2.05, 4.69) is 55.0 Å². The summed E-state index contributed by atoms with van der Waals surface area (Å²) in [6.07, 6.45) is 3.12. The number of nitrogens with one attached hydrogen (secondary N) is 1. The molecule has 0 atom stereocenters. The van der Waals surface area contributed by atoms with Gasteiger partial charge in [0.25, 0.3) is 0 Å². The van der Waals surface area contributed by atoms with E-state index in [1.807, 2.05) is 7.05 Å². The van der Waals surface area contributed by atoms with Crippen molar-refractivity contribution in [3.63, 3.8) is 0 Å². The molecule has 1 N–H and O–H groups in total. The molecule has 0 heterocycles. The van der Waals surface area contributed by atoms with Gasteiger partial charge in [0.2, 0.25) is 0 Å². The Bertz CT molecular complexity index is 761. The number of carbonyl (C=O) groups is 1. The fraction of sp³-hybridized carbons (Fsp3) is 0.409. The van der Waals surface area contributed by atoms with Crippen LogP contribution in [0.4, 0.5) is 0 Å². The van der Waals surface area contributed by atoms with Gasteiger partial charge in [-0.05, 0) is 67.6 Å². The van der Waals surface area contributed by atoms with Gasteiger partial charge >= 0.3 is 5.97 Å². The molecule has 0 unspecified atom stereocenters.